The third-order valence-electron chi connectivity index (χ3n) is 5.57. The summed E-state index contributed by atoms with van der Waals surface area (Å²) in [6, 6.07) is 11.9. The first-order chi connectivity index (χ1) is 14.7. The van der Waals surface area contributed by atoms with Gasteiger partial charge < -0.3 is 9.47 Å². The van der Waals surface area contributed by atoms with Crippen LogP contribution in [-0.4, -0.2) is 36.4 Å². The van der Waals surface area contributed by atoms with Gasteiger partial charge in [0, 0.05) is 45.6 Å². The predicted molar refractivity (Wildman–Crippen MR) is 120 cm³/mol. The van der Waals surface area contributed by atoms with Crippen LogP contribution >= 0.6 is 11.3 Å². The van der Waals surface area contributed by atoms with E-state index < -0.39 is 10.8 Å². The molecule has 0 saturated heterocycles. The molecular formula is C23H23N3O2S2. The average Bonchev–Trinajstić information content (AvgIpc) is 3.13. The molecule has 30 heavy (non-hydrogen) atoms. The molecule has 1 fully saturated rings. The van der Waals surface area contributed by atoms with Gasteiger partial charge in [-0.15, -0.1) is 11.3 Å². The van der Waals surface area contributed by atoms with Gasteiger partial charge in [-0.2, -0.15) is 0 Å². The standard InChI is InChI=1S/C23H23N3O2S2/c27-23(13-17-3-7-19(8-4-17)25-10-1-2-11-25)26(20-9-12-30(28)16-20)14-22-24-21(15-29-22)18-5-6-18/h1-4,7-12,15,18,20H,5-6,13-14,16H2. The molecule has 7 heteroatoms. The summed E-state index contributed by atoms with van der Waals surface area (Å²) in [5.74, 6) is 1.12. The minimum absolute atomic E-state index is 0.0421. The van der Waals surface area contributed by atoms with Gasteiger partial charge >= 0.3 is 0 Å². The van der Waals surface area contributed by atoms with Gasteiger partial charge in [0.2, 0.25) is 5.91 Å². The van der Waals surface area contributed by atoms with E-state index in [0.29, 0.717) is 24.6 Å². The van der Waals surface area contributed by atoms with Crippen LogP contribution in [-0.2, 0) is 28.6 Å². The molecule has 3 heterocycles. The molecule has 3 aromatic rings. The van der Waals surface area contributed by atoms with Gasteiger partial charge in [-0.05, 0) is 42.7 Å². The number of aromatic nitrogens is 2. The molecule has 2 unspecified atom stereocenters. The van der Waals surface area contributed by atoms with Crippen LogP contribution in [0.4, 0.5) is 0 Å². The first kappa shape index (κ1) is 19.5. The van der Waals surface area contributed by atoms with Crippen LogP contribution in [0.2, 0.25) is 0 Å². The Bertz CT molecular complexity index is 1080. The maximum atomic E-state index is 13.2. The van der Waals surface area contributed by atoms with Crippen molar-refractivity contribution in [3.63, 3.8) is 0 Å². The van der Waals surface area contributed by atoms with Crippen molar-refractivity contribution in [1.29, 1.82) is 0 Å². The Hall–Kier alpha value is -2.51. The summed E-state index contributed by atoms with van der Waals surface area (Å²) >= 11 is 1.62. The third kappa shape index (κ3) is 4.32. The number of nitrogens with zero attached hydrogens (tertiary/aromatic N) is 3. The van der Waals surface area contributed by atoms with Crippen molar-refractivity contribution in [2.45, 2.75) is 37.8 Å². The van der Waals surface area contributed by atoms with Gasteiger partial charge in [0.1, 0.15) is 5.01 Å². The Balaban J connectivity index is 1.31. The van der Waals surface area contributed by atoms with Crippen molar-refractivity contribution in [3.8, 4) is 5.69 Å². The maximum Gasteiger partial charge on any atom is 0.227 e. The van der Waals surface area contributed by atoms with Crippen LogP contribution in [0.15, 0.2) is 65.7 Å². The molecule has 2 aliphatic rings. The van der Waals surface area contributed by atoms with E-state index in [0.717, 1.165) is 22.0 Å². The molecule has 0 bridgehead atoms. The van der Waals surface area contributed by atoms with Crippen LogP contribution in [0.5, 0.6) is 0 Å². The highest BCUT2D eigenvalue weighted by atomic mass is 32.2. The van der Waals surface area contributed by atoms with E-state index in [1.165, 1.54) is 12.8 Å². The molecule has 1 aliphatic carbocycles. The highest BCUT2D eigenvalue weighted by Gasteiger charge is 2.29. The quantitative estimate of drug-likeness (QED) is 0.561. The minimum Gasteiger partial charge on any atom is -0.328 e. The number of rotatable bonds is 7. The minimum atomic E-state index is -1.00. The molecule has 0 spiro atoms. The van der Waals surface area contributed by atoms with Gasteiger partial charge in [-0.3, -0.25) is 9.00 Å². The van der Waals surface area contributed by atoms with Gasteiger partial charge in [-0.1, -0.05) is 18.2 Å². The molecule has 1 aromatic carbocycles. The van der Waals surface area contributed by atoms with Crippen molar-refractivity contribution in [3.05, 3.63) is 81.9 Å². The zero-order chi connectivity index (χ0) is 20.5. The summed E-state index contributed by atoms with van der Waals surface area (Å²) < 4.78 is 14.0. The van der Waals surface area contributed by atoms with E-state index in [1.54, 1.807) is 16.7 Å². The van der Waals surface area contributed by atoms with E-state index >= 15 is 0 Å². The summed E-state index contributed by atoms with van der Waals surface area (Å²) in [7, 11) is -1.00. The second-order valence-corrected chi connectivity index (χ2v) is 10.1. The van der Waals surface area contributed by atoms with Crippen LogP contribution in [0.3, 0.4) is 0 Å². The normalized spacial score (nSPS) is 20.5. The van der Waals surface area contributed by atoms with Crippen molar-refractivity contribution in [1.82, 2.24) is 14.5 Å². The number of hydrogen-bond acceptors (Lipinski definition) is 4. The molecule has 2 atom stereocenters. The van der Waals surface area contributed by atoms with Crippen LogP contribution in [0, 0.1) is 0 Å². The third-order valence-corrected chi connectivity index (χ3v) is 7.56. The van der Waals surface area contributed by atoms with E-state index in [2.05, 4.69) is 5.38 Å². The molecule has 1 aliphatic heterocycles. The zero-order valence-corrected chi connectivity index (χ0v) is 18.1. The van der Waals surface area contributed by atoms with Crippen LogP contribution < -0.4 is 0 Å². The number of carbonyl (C=O) groups excluding carboxylic acids is 1. The molecule has 2 aromatic heterocycles. The smallest absolute Gasteiger partial charge is 0.227 e. The fourth-order valence-electron chi connectivity index (χ4n) is 3.72. The Labute approximate surface area is 182 Å². The maximum absolute atomic E-state index is 13.2. The Morgan fingerprint density at radius 3 is 2.63 bits per heavy atom. The average molecular weight is 438 g/mol. The summed E-state index contributed by atoms with van der Waals surface area (Å²) in [5.41, 5.74) is 3.20. The first-order valence-corrected chi connectivity index (χ1v) is 12.4. The number of carbonyl (C=O) groups is 1. The van der Waals surface area contributed by atoms with Crippen molar-refractivity contribution in [2.75, 3.05) is 5.75 Å². The SMILES string of the molecule is O=C(Cc1ccc(-n2cccc2)cc1)N(Cc1nc(C2CC2)cs1)C1C=CS(=O)C1. The van der Waals surface area contributed by atoms with Gasteiger partial charge in [0.25, 0.3) is 0 Å². The lowest BCUT2D eigenvalue weighted by Gasteiger charge is -2.27. The predicted octanol–water partition coefficient (Wildman–Crippen LogP) is 4.03. The van der Waals surface area contributed by atoms with Crippen molar-refractivity contribution >= 4 is 28.0 Å². The molecule has 1 amide bonds. The number of thiazole rings is 1. The summed E-state index contributed by atoms with van der Waals surface area (Å²) in [5, 5.41) is 4.78. The highest BCUT2D eigenvalue weighted by Crippen LogP contribution is 2.40. The number of benzene rings is 1. The largest absolute Gasteiger partial charge is 0.328 e. The Kier molecular flexibility index (Phi) is 5.39. The Morgan fingerprint density at radius 2 is 1.97 bits per heavy atom. The molecule has 0 N–H and O–H groups in total. The number of amides is 1. The monoisotopic (exact) mass is 437 g/mol. The van der Waals surface area contributed by atoms with E-state index in [4.69, 9.17) is 4.98 Å². The lowest BCUT2D eigenvalue weighted by Crippen LogP contribution is -2.40. The van der Waals surface area contributed by atoms with Crippen molar-refractivity contribution in [2.24, 2.45) is 0 Å². The van der Waals surface area contributed by atoms with Gasteiger partial charge in [0.15, 0.2) is 0 Å². The van der Waals surface area contributed by atoms with E-state index in [9.17, 15) is 9.00 Å². The fourth-order valence-corrected chi connectivity index (χ4v) is 5.69. The van der Waals surface area contributed by atoms with Crippen LogP contribution in [0.25, 0.3) is 5.69 Å². The van der Waals surface area contributed by atoms with Crippen molar-refractivity contribution < 1.29 is 9.00 Å². The topological polar surface area (TPSA) is 55.2 Å². The lowest BCUT2D eigenvalue weighted by molar-refractivity contribution is -0.132. The first-order valence-electron chi connectivity index (χ1n) is 10.2. The van der Waals surface area contributed by atoms with E-state index in [-0.39, 0.29) is 11.9 Å². The lowest BCUT2D eigenvalue weighted by atomic mass is 10.1. The van der Waals surface area contributed by atoms with Gasteiger partial charge in [-0.25, -0.2) is 4.98 Å². The molecule has 1 saturated carbocycles. The summed E-state index contributed by atoms with van der Waals surface area (Å²) in [4.78, 5) is 19.8. The summed E-state index contributed by atoms with van der Waals surface area (Å²) in [6.45, 7) is 0.476. The number of hydrogen-bond donors (Lipinski definition) is 0. The molecule has 5 nitrogen and oxygen atoms in total. The van der Waals surface area contributed by atoms with Gasteiger partial charge in [0.05, 0.1) is 30.5 Å². The van der Waals surface area contributed by atoms with Crippen LogP contribution in [0.1, 0.15) is 35.0 Å². The zero-order valence-electron chi connectivity index (χ0n) is 16.5. The molecule has 154 valence electrons. The molecular weight excluding hydrogens is 414 g/mol. The second kappa shape index (κ2) is 8.32. The highest BCUT2D eigenvalue weighted by molar-refractivity contribution is 7.88. The second-order valence-electron chi connectivity index (χ2n) is 7.84. The summed E-state index contributed by atoms with van der Waals surface area (Å²) in [6.07, 6.45) is 8.66. The van der Waals surface area contributed by atoms with E-state index in [1.807, 2.05) is 64.3 Å². The molecule has 5 rings (SSSR count). The molecule has 0 radical (unpaired) electrons. The fraction of sp³-hybridized carbons (Fsp3) is 0.304. The Morgan fingerprint density at radius 1 is 1.20 bits per heavy atom.